The number of nitrogens with two attached hydrogens (primary N) is 1. The molecule has 6 rings (SSSR count). The van der Waals surface area contributed by atoms with Crippen LogP contribution >= 0.6 is 41.6 Å². The number of phosphoric ester groups is 1. The van der Waals surface area contributed by atoms with Gasteiger partial charge in [0, 0.05) is 17.9 Å². The molecule has 1 aromatic carbocycles. The second-order valence-electron chi connectivity index (χ2n) is 8.57. The van der Waals surface area contributed by atoms with Gasteiger partial charge in [0.05, 0.1) is 25.6 Å². The van der Waals surface area contributed by atoms with Gasteiger partial charge < -0.3 is 20.2 Å². The molecule has 3 aromatic rings. The van der Waals surface area contributed by atoms with Gasteiger partial charge in [0.1, 0.15) is 34.7 Å². The minimum absolute atomic E-state index is 0.0882. The summed E-state index contributed by atoms with van der Waals surface area (Å²) in [6.45, 7) is 0.537. The molecule has 0 aliphatic carbocycles. The maximum atomic E-state index is 13.5. The van der Waals surface area contributed by atoms with Gasteiger partial charge in [-0.1, -0.05) is 64.1 Å². The molecule has 3 aliphatic heterocycles. The largest absolute Gasteiger partial charge is 0.475 e. The van der Waals surface area contributed by atoms with E-state index in [1.807, 2.05) is 30.3 Å². The fraction of sp³-hybridized carbons (Fsp3) is 0.476. The first-order valence-electron chi connectivity index (χ1n) is 11.4. The van der Waals surface area contributed by atoms with E-state index in [4.69, 9.17) is 41.0 Å². The zero-order valence-corrected chi connectivity index (χ0v) is 22.3. The van der Waals surface area contributed by atoms with Crippen LogP contribution in [0.3, 0.4) is 0 Å². The topological polar surface area (TPSA) is 136 Å². The third kappa shape index (κ3) is 5.11. The highest BCUT2D eigenvalue weighted by molar-refractivity contribution is 8.76. The Morgan fingerprint density at radius 2 is 2.03 bits per heavy atom. The standard InChI is InChI=1S/C21H24N5O6PS3/c22-21-24-19-18(20(34)25-21)23-11-26(19)17-6-13-14(30-17)8-29-33(27,31-13)32-16-10-36-35-9-15(16)28-7-12-4-2-1-3-5-12/h1-5,11,13-17H,6-10H2,(H3,22,24,25,34)/t13-,14+,15-,16-,17+,33?/m0/s1. The Hall–Kier alpha value is -1.48. The van der Waals surface area contributed by atoms with Crippen molar-refractivity contribution < 1.29 is 27.6 Å². The summed E-state index contributed by atoms with van der Waals surface area (Å²) in [6, 6.07) is 9.92. The molecule has 0 saturated carbocycles. The molecule has 0 amide bonds. The number of benzene rings is 1. The molecule has 1 unspecified atom stereocenters. The average molecular weight is 570 g/mol. The quantitative estimate of drug-likeness (QED) is 0.250. The van der Waals surface area contributed by atoms with Crippen molar-refractivity contribution in [2.24, 2.45) is 0 Å². The van der Waals surface area contributed by atoms with E-state index in [1.165, 1.54) is 0 Å². The Labute approximate surface area is 219 Å². The Bertz CT molecular complexity index is 1340. The lowest BCUT2D eigenvalue weighted by Gasteiger charge is -2.35. The molecule has 0 spiro atoms. The number of nitrogens with zero attached hydrogens (tertiary/aromatic N) is 3. The molecule has 6 atom stereocenters. The Morgan fingerprint density at radius 1 is 1.22 bits per heavy atom. The number of aromatic nitrogens is 4. The molecule has 192 valence electrons. The van der Waals surface area contributed by atoms with Crippen LogP contribution in [0.15, 0.2) is 36.7 Å². The zero-order valence-electron chi connectivity index (χ0n) is 18.9. The van der Waals surface area contributed by atoms with Gasteiger partial charge in [-0.2, -0.15) is 4.98 Å². The van der Waals surface area contributed by atoms with E-state index in [1.54, 1.807) is 32.5 Å². The summed E-state index contributed by atoms with van der Waals surface area (Å²) in [5.41, 5.74) is 7.93. The number of H-pyrrole nitrogens is 1. The SMILES string of the molecule is Nc1nc2c(ncn2[C@H]2C[C@@H]3OP(=O)(O[C@H]4CSSC[C@@H]4OCc4ccccc4)OC[C@H]3O2)c(=S)[nH]1. The van der Waals surface area contributed by atoms with E-state index in [0.29, 0.717) is 40.3 Å². The summed E-state index contributed by atoms with van der Waals surface area (Å²) in [5.74, 6) is 1.52. The van der Waals surface area contributed by atoms with Crippen LogP contribution in [0, 0.1) is 4.64 Å². The second kappa shape index (κ2) is 10.4. The lowest BCUT2D eigenvalue weighted by molar-refractivity contribution is -0.0850. The summed E-state index contributed by atoms with van der Waals surface area (Å²) in [7, 11) is -0.456. The number of phosphoric acid groups is 1. The van der Waals surface area contributed by atoms with Gasteiger partial charge >= 0.3 is 7.82 Å². The van der Waals surface area contributed by atoms with Crippen molar-refractivity contribution in [2.45, 2.75) is 43.7 Å². The molecule has 36 heavy (non-hydrogen) atoms. The number of hydrogen-bond acceptors (Lipinski definition) is 12. The lowest BCUT2D eigenvalue weighted by Crippen LogP contribution is -2.40. The van der Waals surface area contributed by atoms with Crippen LogP contribution < -0.4 is 5.73 Å². The highest BCUT2D eigenvalue weighted by Crippen LogP contribution is 2.58. The number of ether oxygens (including phenoxy) is 2. The van der Waals surface area contributed by atoms with E-state index >= 15 is 0 Å². The van der Waals surface area contributed by atoms with Crippen LogP contribution in [0.25, 0.3) is 11.2 Å². The molecule has 3 aliphatic rings. The number of imidazole rings is 1. The van der Waals surface area contributed by atoms with E-state index in [2.05, 4.69) is 15.0 Å². The molecular weight excluding hydrogens is 545 g/mol. The van der Waals surface area contributed by atoms with Gasteiger partial charge in [-0.15, -0.1) is 0 Å². The number of nitrogen functional groups attached to an aromatic ring is 1. The second-order valence-corrected chi connectivity index (χ2v) is 13.1. The molecule has 15 heteroatoms. The number of rotatable bonds is 6. The molecule has 5 heterocycles. The van der Waals surface area contributed by atoms with Crippen molar-refractivity contribution >= 4 is 58.7 Å². The minimum Gasteiger partial charge on any atom is -0.370 e. The van der Waals surface area contributed by atoms with E-state index in [0.717, 1.165) is 5.56 Å². The van der Waals surface area contributed by atoms with Crippen LogP contribution in [-0.4, -0.2) is 62.0 Å². The number of hydrogen-bond donors (Lipinski definition) is 2. The first-order valence-corrected chi connectivity index (χ1v) is 15.7. The maximum absolute atomic E-state index is 13.5. The minimum atomic E-state index is -3.82. The Balaban J connectivity index is 1.12. The van der Waals surface area contributed by atoms with Crippen molar-refractivity contribution in [3.05, 3.63) is 46.9 Å². The van der Waals surface area contributed by atoms with Crippen molar-refractivity contribution in [1.29, 1.82) is 0 Å². The van der Waals surface area contributed by atoms with Gasteiger partial charge in [-0.3, -0.25) is 18.1 Å². The fourth-order valence-electron chi connectivity index (χ4n) is 4.34. The molecule has 0 bridgehead atoms. The molecule has 3 fully saturated rings. The maximum Gasteiger partial charge on any atom is 0.475 e. The van der Waals surface area contributed by atoms with Crippen molar-refractivity contribution in [1.82, 2.24) is 19.5 Å². The molecule has 2 aromatic heterocycles. The highest BCUT2D eigenvalue weighted by Gasteiger charge is 2.49. The molecule has 0 radical (unpaired) electrons. The van der Waals surface area contributed by atoms with Gasteiger partial charge in [0.15, 0.2) is 5.65 Å². The third-order valence-electron chi connectivity index (χ3n) is 6.14. The third-order valence-corrected chi connectivity index (χ3v) is 10.4. The predicted molar refractivity (Wildman–Crippen MR) is 139 cm³/mol. The first kappa shape index (κ1) is 24.8. The van der Waals surface area contributed by atoms with Crippen LogP contribution in [-0.2, 0) is 34.2 Å². The number of aromatic amines is 1. The smallest absolute Gasteiger partial charge is 0.370 e. The lowest BCUT2D eigenvalue weighted by atomic mass is 10.2. The number of anilines is 1. The normalized spacial score (nSPS) is 32.5. The summed E-state index contributed by atoms with van der Waals surface area (Å²) < 4.78 is 45.4. The van der Waals surface area contributed by atoms with Crippen LogP contribution in [0.1, 0.15) is 18.2 Å². The Kier molecular flexibility index (Phi) is 7.14. The van der Waals surface area contributed by atoms with Crippen molar-refractivity contribution in [3.8, 4) is 0 Å². The van der Waals surface area contributed by atoms with E-state index < -0.39 is 32.4 Å². The zero-order chi connectivity index (χ0) is 24.7. The van der Waals surface area contributed by atoms with Crippen LogP contribution in [0.4, 0.5) is 5.95 Å². The highest BCUT2D eigenvalue weighted by atomic mass is 33.1. The van der Waals surface area contributed by atoms with Crippen molar-refractivity contribution in [2.75, 3.05) is 23.8 Å². The molecule has 3 N–H and O–H groups in total. The summed E-state index contributed by atoms with van der Waals surface area (Å²) >= 11 is 5.29. The van der Waals surface area contributed by atoms with Gasteiger partial charge in [0.2, 0.25) is 5.95 Å². The van der Waals surface area contributed by atoms with Gasteiger partial charge in [-0.05, 0) is 5.56 Å². The number of nitrogens with one attached hydrogen (secondary N) is 1. The van der Waals surface area contributed by atoms with E-state index in [-0.39, 0.29) is 18.7 Å². The summed E-state index contributed by atoms with van der Waals surface area (Å²) in [6.07, 6.45) is 0.0263. The van der Waals surface area contributed by atoms with Gasteiger partial charge in [-0.25, -0.2) is 9.55 Å². The first-order chi connectivity index (χ1) is 17.5. The predicted octanol–water partition coefficient (Wildman–Crippen LogP) is 4.25. The van der Waals surface area contributed by atoms with Crippen LogP contribution in [0.2, 0.25) is 0 Å². The van der Waals surface area contributed by atoms with Crippen molar-refractivity contribution in [3.63, 3.8) is 0 Å². The van der Waals surface area contributed by atoms with Gasteiger partial charge in [0.25, 0.3) is 0 Å². The molecule has 11 nitrogen and oxygen atoms in total. The molecular formula is C21H24N5O6PS3. The Morgan fingerprint density at radius 3 is 2.86 bits per heavy atom. The van der Waals surface area contributed by atoms with E-state index in [9.17, 15) is 4.57 Å². The summed E-state index contributed by atoms with van der Waals surface area (Å²) in [5, 5.41) is 0. The summed E-state index contributed by atoms with van der Waals surface area (Å²) in [4.78, 5) is 11.4. The van der Waals surface area contributed by atoms with Crippen LogP contribution in [0.5, 0.6) is 0 Å². The fourth-order valence-corrected chi connectivity index (χ4v) is 8.73. The monoisotopic (exact) mass is 569 g/mol. The molecule has 3 saturated heterocycles. The number of fused-ring (bicyclic) bond motifs is 2. The average Bonchev–Trinajstić information content (AvgIpc) is 3.47.